The van der Waals surface area contributed by atoms with Crippen LogP contribution in [0.3, 0.4) is 0 Å². The Kier molecular flexibility index (Phi) is 6.20. The van der Waals surface area contributed by atoms with E-state index in [9.17, 15) is 0 Å². The third kappa shape index (κ3) is 4.43. The molecule has 0 heterocycles. The zero-order chi connectivity index (χ0) is 10.2. The molecular formula is C12H26N2. The Bertz CT molecular complexity index is 126. The first-order chi connectivity index (χ1) is 6.86. The van der Waals surface area contributed by atoms with Gasteiger partial charge in [0.15, 0.2) is 0 Å². The van der Waals surface area contributed by atoms with Gasteiger partial charge in [0.05, 0.1) is 0 Å². The summed E-state index contributed by atoms with van der Waals surface area (Å²) in [4.78, 5) is 0. The van der Waals surface area contributed by atoms with Crippen molar-refractivity contribution in [3.8, 4) is 0 Å². The summed E-state index contributed by atoms with van der Waals surface area (Å²) in [5.74, 6) is 0.728. The highest BCUT2D eigenvalue weighted by molar-refractivity contribution is 4.72. The van der Waals surface area contributed by atoms with Crippen LogP contribution >= 0.6 is 0 Å². The van der Waals surface area contributed by atoms with Gasteiger partial charge in [-0.25, -0.2) is 0 Å². The predicted octanol–water partition coefficient (Wildman–Crippen LogP) is 2.28. The molecule has 0 saturated heterocycles. The van der Waals surface area contributed by atoms with Crippen molar-refractivity contribution in [1.29, 1.82) is 0 Å². The van der Waals surface area contributed by atoms with Crippen molar-refractivity contribution in [2.45, 2.75) is 57.9 Å². The molecule has 1 aliphatic rings. The summed E-state index contributed by atoms with van der Waals surface area (Å²) in [5.41, 5.74) is 5.67. The molecule has 1 aliphatic carbocycles. The molecule has 0 aromatic heterocycles. The van der Waals surface area contributed by atoms with Gasteiger partial charge in [-0.1, -0.05) is 32.6 Å². The van der Waals surface area contributed by atoms with E-state index < -0.39 is 0 Å². The standard InChI is InChI=1S/C12H26N2/c1-2-11(10-13)8-9-14-12-6-4-3-5-7-12/h11-12,14H,2-10,13H2,1H3. The van der Waals surface area contributed by atoms with Crippen LogP contribution in [0.1, 0.15) is 51.9 Å². The molecular weight excluding hydrogens is 172 g/mol. The van der Waals surface area contributed by atoms with Crippen molar-refractivity contribution in [3.63, 3.8) is 0 Å². The molecule has 0 amide bonds. The molecule has 0 aromatic carbocycles. The predicted molar refractivity (Wildman–Crippen MR) is 62.3 cm³/mol. The van der Waals surface area contributed by atoms with Crippen LogP contribution in [-0.4, -0.2) is 19.1 Å². The van der Waals surface area contributed by atoms with Gasteiger partial charge in [-0.3, -0.25) is 0 Å². The Labute approximate surface area is 88.6 Å². The summed E-state index contributed by atoms with van der Waals surface area (Å²) >= 11 is 0. The zero-order valence-electron chi connectivity index (χ0n) is 9.60. The van der Waals surface area contributed by atoms with Crippen LogP contribution in [0.4, 0.5) is 0 Å². The minimum Gasteiger partial charge on any atom is -0.330 e. The molecule has 0 bridgehead atoms. The van der Waals surface area contributed by atoms with Gasteiger partial charge in [0.1, 0.15) is 0 Å². The van der Waals surface area contributed by atoms with E-state index in [0.717, 1.165) is 18.5 Å². The van der Waals surface area contributed by atoms with Crippen LogP contribution < -0.4 is 11.1 Å². The molecule has 0 radical (unpaired) electrons. The van der Waals surface area contributed by atoms with E-state index in [0.29, 0.717) is 0 Å². The summed E-state index contributed by atoms with van der Waals surface area (Å²) in [6.45, 7) is 4.25. The molecule has 1 saturated carbocycles. The van der Waals surface area contributed by atoms with Gasteiger partial charge in [0.25, 0.3) is 0 Å². The van der Waals surface area contributed by atoms with Crippen LogP contribution in [0.5, 0.6) is 0 Å². The molecule has 1 atom stereocenters. The van der Waals surface area contributed by atoms with Crippen molar-refractivity contribution < 1.29 is 0 Å². The molecule has 0 aromatic rings. The maximum atomic E-state index is 5.67. The molecule has 1 fully saturated rings. The van der Waals surface area contributed by atoms with E-state index in [1.807, 2.05) is 0 Å². The van der Waals surface area contributed by atoms with Crippen molar-refractivity contribution in [2.75, 3.05) is 13.1 Å². The second-order valence-electron chi connectivity index (χ2n) is 4.59. The van der Waals surface area contributed by atoms with E-state index in [4.69, 9.17) is 5.73 Å². The van der Waals surface area contributed by atoms with Crippen molar-refractivity contribution in [3.05, 3.63) is 0 Å². The molecule has 0 aliphatic heterocycles. The fourth-order valence-corrected chi connectivity index (χ4v) is 2.29. The largest absolute Gasteiger partial charge is 0.330 e. The molecule has 1 unspecified atom stereocenters. The summed E-state index contributed by atoms with van der Waals surface area (Å²) in [5, 5.41) is 3.67. The van der Waals surface area contributed by atoms with Gasteiger partial charge in [-0.05, 0) is 38.3 Å². The third-order valence-electron chi connectivity index (χ3n) is 3.50. The minimum absolute atomic E-state index is 0.728. The van der Waals surface area contributed by atoms with Crippen LogP contribution in [0.2, 0.25) is 0 Å². The van der Waals surface area contributed by atoms with Crippen molar-refractivity contribution in [2.24, 2.45) is 11.7 Å². The van der Waals surface area contributed by atoms with Gasteiger partial charge in [0.2, 0.25) is 0 Å². The smallest absolute Gasteiger partial charge is 0.00670 e. The van der Waals surface area contributed by atoms with Crippen LogP contribution in [0.25, 0.3) is 0 Å². The Hall–Kier alpha value is -0.0800. The number of rotatable bonds is 6. The second kappa shape index (κ2) is 7.24. The summed E-state index contributed by atoms with van der Waals surface area (Å²) in [6, 6.07) is 0.805. The fourth-order valence-electron chi connectivity index (χ4n) is 2.29. The molecule has 0 spiro atoms. The zero-order valence-corrected chi connectivity index (χ0v) is 9.60. The molecule has 3 N–H and O–H groups in total. The maximum Gasteiger partial charge on any atom is 0.00670 e. The van der Waals surface area contributed by atoms with Crippen molar-refractivity contribution in [1.82, 2.24) is 5.32 Å². The third-order valence-corrected chi connectivity index (χ3v) is 3.50. The van der Waals surface area contributed by atoms with Crippen LogP contribution in [-0.2, 0) is 0 Å². The topological polar surface area (TPSA) is 38.0 Å². The summed E-state index contributed by atoms with van der Waals surface area (Å²) < 4.78 is 0. The number of nitrogens with two attached hydrogens (primary N) is 1. The summed E-state index contributed by atoms with van der Waals surface area (Å²) in [7, 11) is 0. The Morgan fingerprint density at radius 3 is 2.57 bits per heavy atom. The monoisotopic (exact) mass is 198 g/mol. The van der Waals surface area contributed by atoms with Crippen LogP contribution in [0.15, 0.2) is 0 Å². The van der Waals surface area contributed by atoms with E-state index in [-0.39, 0.29) is 0 Å². The van der Waals surface area contributed by atoms with E-state index in [1.165, 1.54) is 51.5 Å². The lowest BCUT2D eigenvalue weighted by Gasteiger charge is -2.23. The average molecular weight is 198 g/mol. The first-order valence-corrected chi connectivity index (χ1v) is 6.30. The quantitative estimate of drug-likeness (QED) is 0.687. The molecule has 84 valence electrons. The molecule has 2 nitrogen and oxygen atoms in total. The van der Waals surface area contributed by atoms with Gasteiger partial charge >= 0.3 is 0 Å². The fraction of sp³-hybridized carbons (Fsp3) is 1.00. The summed E-state index contributed by atoms with van der Waals surface area (Å²) in [6.07, 6.45) is 9.54. The average Bonchev–Trinajstić information content (AvgIpc) is 2.26. The molecule has 14 heavy (non-hydrogen) atoms. The highest BCUT2D eigenvalue weighted by Crippen LogP contribution is 2.17. The van der Waals surface area contributed by atoms with Gasteiger partial charge in [-0.15, -0.1) is 0 Å². The Morgan fingerprint density at radius 1 is 1.29 bits per heavy atom. The Balaban J connectivity index is 2.01. The molecule has 1 rings (SSSR count). The normalized spacial score (nSPS) is 21.0. The first-order valence-electron chi connectivity index (χ1n) is 6.30. The highest BCUT2D eigenvalue weighted by Gasteiger charge is 2.12. The van der Waals surface area contributed by atoms with E-state index in [2.05, 4.69) is 12.2 Å². The lowest BCUT2D eigenvalue weighted by Crippen LogP contribution is -2.33. The van der Waals surface area contributed by atoms with Crippen LogP contribution in [0, 0.1) is 5.92 Å². The number of nitrogens with one attached hydrogen (secondary N) is 1. The van der Waals surface area contributed by atoms with Gasteiger partial charge in [0, 0.05) is 6.04 Å². The number of hydrogen-bond acceptors (Lipinski definition) is 2. The number of hydrogen-bond donors (Lipinski definition) is 2. The maximum absolute atomic E-state index is 5.67. The highest BCUT2D eigenvalue weighted by atomic mass is 14.9. The van der Waals surface area contributed by atoms with E-state index >= 15 is 0 Å². The Morgan fingerprint density at radius 2 is 2.00 bits per heavy atom. The van der Waals surface area contributed by atoms with Gasteiger partial charge < -0.3 is 11.1 Å². The van der Waals surface area contributed by atoms with E-state index in [1.54, 1.807) is 0 Å². The lowest BCUT2D eigenvalue weighted by atomic mass is 9.95. The first kappa shape index (κ1) is 12.0. The molecule has 2 heteroatoms. The second-order valence-corrected chi connectivity index (χ2v) is 4.59. The lowest BCUT2D eigenvalue weighted by molar-refractivity contribution is 0.355. The van der Waals surface area contributed by atoms with Gasteiger partial charge in [-0.2, -0.15) is 0 Å². The van der Waals surface area contributed by atoms with Crippen molar-refractivity contribution >= 4 is 0 Å². The SMILES string of the molecule is CCC(CN)CCNC1CCCCC1. The minimum atomic E-state index is 0.728.